The van der Waals surface area contributed by atoms with Crippen LogP contribution in [-0.4, -0.2) is 19.3 Å². The highest BCUT2D eigenvalue weighted by Gasteiger charge is 2.17. The van der Waals surface area contributed by atoms with Gasteiger partial charge in [0.1, 0.15) is 8.72 Å². The lowest BCUT2D eigenvalue weighted by molar-refractivity contribution is 0.461. The highest BCUT2D eigenvalue weighted by Crippen LogP contribution is 2.28. The van der Waals surface area contributed by atoms with Crippen LogP contribution in [0.2, 0.25) is 5.15 Å². The molecule has 106 valence electrons. The molecule has 7 heteroatoms. The summed E-state index contributed by atoms with van der Waals surface area (Å²) in [5.41, 5.74) is 0.750. The molecule has 5 nitrogen and oxygen atoms in total. The third kappa shape index (κ3) is 2.76. The van der Waals surface area contributed by atoms with Crippen molar-refractivity contribution in [3.8, 4) is 0 Å². The minimum Gasteiger partial charge on any atom is -0.292 e. The smallest absolute Gasteiger partial charge is 0.268 e. The third-order valence-electron chi connectivity index (χ3n) is 3.63. The first-order chi connectivity index (χ1) is 9.65. The van der Waals surface area contributed by atoms with Gasteiger partial charge in [0.2, 0.25) is 0 Å². The lowest BCUT2D eigenvalue weighted by Crippen LogP contribution is -2.24. The fraction of sp³-hybridized carbons (Fsp3) is 0.462. The highest BCUT2D eigenvalue weighted by molar-refractivity contribution is 14.1. The summed E-state index contributed by atoms with van der Waals surface area (Å²) in [6.07, 6.45) is 8.42. The van der Waals surface area contributed by atoms with Crippen molar-refractivity contribution in [2.24, 2.45) is 0 Å². The van der Waals surface area contributed by atoms with Crippen LogP contribution >= 0.6 is 34.2 Å². The molecule has 0 radical (unpaired) electrons. The van der Waals surface area contributed by atoms with E-state index in [1.165, 1.54) is 36.6 Å². The average molecular weight is 405 g/mol. The molecule has 2 aromatic rings. The normalized spacial score (nSPS) is 15.9. The fourth-order valence-corrected chi connectivity index (χ4v) is 3.14. The van der Waals surface area contributed by atoms with E-state index in [4.69, 9.17) is 11.6 Å². The van der Waals surface area contributed by atoms with Gasteiger partial charge in [-0.2, -0.15) is 5.10 Å². The van der Waals surface area contributed by atoms with Crippen LogP contribution in [0.3, 0.4) is 0 Å². The van der Waals surface area contributed by atoms with E-state index in [-0.39, 0.29) is 10.7 Å². The van der Waals surface area contributed by atoms with Crippen LogP contribution in [0.4, 0.5) is 0 Å². The molecule has 0 atom stereocenters. The van der Waals surface area contributed by atoms with Gasteiger partial charge in [-0.3, -0.25) is 14.0 Å². The molecule has 0 N–H and O–H groups in total. The zero-order chi connectivity index (χ0) is 14.1. The summed E-state index contributed by atoms with van der Waals surface area (Å²) in [7, 11) is 0. The van der Waals surface area contributed by atoms with Gasteiger partial charge in [0.05, 0.1) is 24.6 Å². The van der Waals surface area contributed by atoms with Crippen LogP contribution in [0.1, 0.15) is 37.4 Å². The first-order valence-electron chi connectivity index (χ1n) is 6.59. The maximum Gasteiger partial charge on any atom is 0.268 e. The van der Waals surface area contributed by atoms with E-state index in [1.807, 2.05) is 39.5 Å². The maximum atomic E-state index is 12.1. The summed E-state index contributed by atoms with van der Waals surface area (Å²) >= 11 is 7.75. The molecule has 0 aromatic carbocycles. The molecule has 1 aliphatic carbocycles. The first-order valence-corrected chi connectivity index (χ1v) is 8.05. The van der Waals surface area contributed by atoms with Gasteiger partial charge in [-0.25, -0.2) is 4.98 Å². The van der Waals surface area contributed by atoms with Gasteiger partial charge in [0, 0.05) is 6.20 Å². The molecule has 0 amide bonds. The second-order valence-corrected chi connectivity index (χ2v) is 6.44. The lowest BCUT2D eigenvalue weighted by Gasteiger charge is -2.09. The molecule has 1 saturated carbocycles. The number of hydrogen-bond acceptors (Lipinski definition) is 3. The first kappa shape index (κ1) is 14.1. The summed E-state index contributed by atoms with van der Waals surface area (Å²) in [5, 5.41) is 4.83. The Bertz CT molecular complexity index is 675. The van der Waals surface area contributed by atoms with E-state index in [0.717, 1.165) is 5.69 Å². The SMILES string of the molecule is O=c1c(I)c(Cl)ncn1Cc1ccn(C2CCCC2)n1. The monoisotopic (exact) mass is 404 g/mol. The topological polar surface area (TPSA) is 52.7 Å². The molecule has 0 bridgehead atoms. The van der Waals surface area contributed by atoms with Crippen molar-refractivity contribution in [1.29, 1.82) is 0 Å². The Balaban J connectivity index is 1.81. The third-order valence-corrected chi connectivity index (χ3v) is 5.21. The molecule has 0 aliphatic heterocycles. The van der Waals surface area contributed by atoms with Crippen LogP contribution < -0.4 is 5.56 Å². The predicted octanol–water partition coefficient (Wildman–Crippen LogP) is 2.86. The Hall–Kier alpha value is -0.890. The maximum absolute atomic E-state index is 12.1. The molecule has 1 fully saturated rings. The highest BCUT2D eigenvalue weighted by atomic mass is 127. The Labute approximate surface area is 135 Å². The average Bonchev–Trinajstić information content (AvgIpc) is 3.10. The van der Waals surface area contributed by atoms with Crippen molar-refractivity contribution < 1.29 is 0 Å². The van der Waals surface area contributed by atoms with Gasteiger partial charge in [0.25, 0.3) is 5.56 Å². The standard InChI is InChI=1S/C13H14ClIN4O/c14-12-11(15)13(20)18(8-16-12)7-9-5-6-19(17-9)10-3-1-2-4-10/h5-6,8,10H,1-4,7H2. The van der Waals surface area contributed by atoms with E-state index >= 15 is 0 Å². The van der Waals surface area contributed by atoms with Crippen LogP contribution in [0, 0.1) is 3.57 Å². The van der Waals surface area contributed by atoms with Crippen LogP contribution in [0.5, 0.6) is 0 Å². The van der Waals surface area contributed by atoms with Crippen molar-refractivity contribution in [3.63, 3.8) is 0 Å². The van der Waals surface area contributed by atoms with Gasteiger partial charge in [-0.1, -0.05) is 24.4 Å². The van der Waals surface area contributed by atoms with E-state index in [1.54, 1.807) is 0 Å². The largest absolute Gasteiger partial charge is 0.292 e. The zero-order valence-corrected chi connectivity index (χ0v) is 13.7. The fourth-order valence-electron chi connectivity index (χ4n) is 2.56. The number of nitrogens with zero attached hydrogens (tertiary/aromatic N) is 4. The zero-order valence-electron chi connectivity index (χ0n) is 10.8. The van der Waals surface area contributed by atoms with Gasteiger partial charge < -0.3 is 0 Å². The molecular formula is C13H14ClIN4O. The minimum atomic E-state index is -0.124. The molecule has 2 aromatic heterocycles. The van der Waals surface area contributed by atoms with E-state index < -0.39 is 0 Å². The molecule has 1 aliphatic rings. The van der Waals surface area contributed by atoms with Crippen LogP contribution in [0.25, 0.3) is 0 Å². The molecule has 0 unspecified atom stereocenters. The number of hydrogen-bond donors (Lipinski definition) is 0. The Morgan fingerprint density at radius 2 is 2.15 bits per heavy atom. The molecule has 3 rings (SSSR count). The van der Waals surface area contributed by atoms with Gasteiger partial charge in [-0.05, 0) is 41.5 Å². The summed E-state index contributed by atoms with van der Waals surface area (Å²) < 4.78 is 4.01. The second-order valence-electron chi connectivity index (χ2n) is 5.01. The summed E-state index contributed by atoms with van der Waals surface area (Å²) in [4.78, 5) is 16.1. The van der Waals surface area contributed by atoms with Crippen LogP contribution in [-0.2, 0) is 6.54 Å². The molecule has 0 spiro atoms. The Morgan fingerprint density at radius 3 is 2.90 bits per heavy atom. The lowest BCUT2D eigenvalue weighted by atomic mass is 10.3. The molecule has 2 heterocycles. The Morgan fingerprint density at radius 1 is 1.40 bits per heavy atom. The van der Waals surface area contributed by atoms with Crippen molar-refractivity contribution in [2.45, 2.75) is 38.3 Å². The van der Waals surface area contributed by atoms with E-state index in [9.17, 15) is 4.79 Å². The number of rotatable bonds is 3. The second kappa shape index (κ2) is 5.85. The Kier molecular flexibility index (Phi) is 4.11. The van der Waals surface area contributed by atoms with Gasteiger partial charge in [0.15, 0.2) is 0 Å². The summed E-state index contributed by atoms with van der Waals surface area (Å²) in [6.45, 7) is 0.429. The quantitative estimate of drug-likeness (QED) is 0.584. The number of aromatic nitrogens is 4. The van der Waals surface area contributed by atoms with E-state index in [2.05, 4.69) is 10.1 Å². The van der Waals surface area contributed by atoms with Crippen LogP contribution in [0.15, 0.2) is 23.4 Å². The van der Waals surface area contributed by atoms with Crippen molar-refractivity contribution >= 4 is 34.2 Å². The minimum absolute atomic E-state index is 0.124. The van der Waals surface area contributed by atoms with Gasteiger partial charge in [-0.15, -0.1) is 0 Å². The number of halogens is 2. The van der Waals surface area contributed by atoms with Crippen molar-refractivity contribution in [1.82, 2.24) is 19.3 Å². The van der Waals surface area contributed by atoms with E-state index in [0.29, 0.717) is 16.2 Å². The summed E-state index contributed by atoms with van der Waals surface area (Å²) in [6, 6.07) is 2.48. The molecular weight excluding hydrogens is 391 g/mol. The molecule has 0 saturated heterocycles. The van der Waals surface area contributed by atoms with Crippen molar-refractivity contribution in [2.75, 3.05) is 0 Å². The molecule has 20 heavy (non-hydrogen) atoms. The van der Waals surface area contributed by atoms with Gasteiger partial charge >= 0.3 is 0 Å². The predicted molar refractivity (Wildman–Crippen MR) is 85.1 cm³/mol. The van der Waals surface area contributed by atoms with Crippen molar-refractivity contribution in [3.05, 3.63) is 43.4 Å². The summed E-state index contributed by atoms with van der Waals surface area (Å²) in [5.74, 6) is 0.